The Balaban J connectivity index is 0.00000176. The number of ether oxygens (including phenoxy) is 1. The van der Waals surface area contributed by atoms with Crippen molar-refractivity contribution in [3.05, 3.63) is 59.5 Å². The Morgan fingerprint density at radius 1 is 1.00 bits per heavy atom. The second-order valence-electron chi connectivity index (χ2n) is 4.64. The highest BCUT2D eigenvalue weighted by molar-refractivity contribution is 7.16. The summed E-state index contributed by atoms with van der Waals surface area (Å²) in [7, 11) is 1.67. The van der Waals surface area contributed by atoms with Crippen molar-refractivity contribution >= 4 is 22.2 Å². The second kappa shape index (κ2) is 7.42. The lowest BCUT2D eigenvalue weighted by molar-refractivity contribution is -0.00000450. The number of benzene rings is 2. The van der Waals surface area contributed by atoms with Gasteiger partial charge in [-0.3, -0.25) is 0 Å². The van der Waals surface area contributed by atoms with Gasteiger partial charge >= 0.3 is 0 Å². The van der Waals surface area contributed by atoms with Gasteiger partial charge in [0.1, 0.15) is 5.75 Å². The van der Waals surface area contributed by atoms with Crippen LogP contribution in [0.5, 0.6) is 5.75 Å². The smallest absolute Gasteiger partial charge is 0.187 e. The number of thiazole rings is 1. The van der Waals surface area contributed by atoms with Crippen molar-refractivity contribution in [3.63, 3.8) is 0 Å². The lowest BCUT2D eigenvalue weighted by atomic mass is 10.1. The molecule has 1 aromatic heterocycles. The van der Waals surface area contributed by atoms with Crippen LogP contribution < -0.4 is 27.0 Å². The third-order valence-electron chi connectivity index (χ3n) is 3.19. The monoisotopic (exact) mass is 375 g/mol. The van der Waals surface area contributed by atoms with Gasteiger partial charge in [0.25, 0.3) is 0 Å². The summed E-state index contributed by atoms with van der Waals surface area (Å²) in [6.07, 6.45) is 0. The number of nitrogens with one attached hydrogen (secondary N) is 1. The first-order valence-electron chi connectivity index (χ1n) is 6.70. The lowest BCUT2D eigenvalue weighted by Crippen LogP contribution is -3.00. The van der Waals surface area contributed by atoms with Crippen molar-refractivity contribution in [2.75, 3.05) is 12.4 Å². The molecule has 22 heavy (non-hydrogen) atoms. The number of nitrogens with zero attached hydrogens (tertiary/aromatic N) is 1. The zero-order chi connectivity index (χ0) is 14.7. The summed E-state index contributed by atoms with van der Waals surface area (Å²) < 4.78 is 5.19. The summed E-state index contributed by atoms with van der Waals surface area (Å²) in [6, 6.07) is 18.1. The Kier molecular flexibility index (Phi) is 5.57. The fraction of sp³-hybridized carbons (Fsp3) is 0.118. The predicted octanol–water partition coefficient (Wildman–Crippen LogP) is 1.87. The quantitative estimate of drug-likeness (QED) is 0.755. The Morgan fingerprint density at radius 3 is 2.32 bits per heavy atom. The topological polar surface area (TPSA) is 34.1 Å². The molecule has 0 spiro atoms. The summed E-state index contributed by atoms with van der Waals surface area (Å²) in [6.45, 7) is 2.09. The van der Waals surface area contributed by atoms with E-state index in [-0.39, 0.29) is 17.0 Å². The van der Waals surface area contributed by atoms with Gasteiger partial charge in [-0.05, 0) is 43.3 Å². The van der Waals surface area contributed by atoms with Crippen molar-refractivity contribution in [1.82, 2.24) is 4.98 Å². The van der Waals surface area contributed by atoms with Gasteiger partial charge in [0.15, 0.2) is 5.13 Å². The fourth-order valence-corrected chi connectivity index (χ4v) is 2.97. The number of hydrogen-bond donors (Lipinski definition) is 1. The molecule has 0 bridgehead atoms. The number of halogens is 1. The van der Waals surface area contributed by atoms with Crippen LogP contribution in [-0.2, 0) is 0 Å². The van der Waals surface area contributed by atoms with Crippen molar-refractivity contribution < 1.29 is 21.7 Å². The SMILES string of the molecule is COc1ccc(-c2nc(Nc3ccccc3)sc2C)cc1.[Br-]. The van der Waals surface area contributed by atoms with E-state index in [2.05, 4.69) is 12.2 Å². The normalized spacial score (nSPS) is 9.91. The molecule has 0 amide bonds. The van der Waals surface area contributed by atoms with Crippen LogP contribution in [0.3, 0.4) is 0 Å². The molecule has 3 aromatic rings. The van der Waals surface area contributed by atoms with E-state index < -0.39 is 0 Å². The highest BCUT2D eigenvalue weighted by atomic mass is 79.9. The van der Waals surface area contributed by atoms with E-state index in [1.165, 1.54) is 4.88 Å². The summed E-state index contributed by atoms with van der Waals surface area (Å²) in [5.74, 6) is 0.856. The second-order valence-corrected chi connectivity index (χ2v) is 5.85. The van der Waals surface area contributed by atoms with Crippen molar-refractivity contribution in [2.24, 2.45) is 0 Å². The third kappa shape index (κ3) is 3.67. The minimum atomic E-state index is 0. The predicted molar refractivity (Wildman–Crippen MR) is 88.6 cm³/mol. The molecule has 0 aliphatic heterocycles. The molecule has 0 aliphatic carbocycles. The number of methoxy groups -OCH3 is 1. The standard InChI is InChI=1S/C17H16N2OS.BrH/c1-12-16(13-8-10-15(20-2)11-9-13)19-17(21-12)18-14-6-4-3-5-7-14;/h3-11H,1-2H3,(H,18,19);1H/p-1. The van der Waals surface area contributed by atoms with Gasteiger partial charge in [0.05, 0.1) is 12.8 Å². The molecule has 3 rings (SSSR count). The Morgan fingerprint density at radius 2 is 1.68 bits per heavy atom. The maximum absolute atomic E-state index is 5.19. The first kappa shape index (κ1) is 16.5. The molecule has 0 aliphatic rings. The van der Waals surface area contributed by atoms with E-state index in [0.717, 1.165) is 27.8 Å². The minimum Gasteiger partial charge on any atom is -1.00 e. The van der Waals surface area contributed by atoms with E-state index in [0.29, 0.717) is 0 Å². The van der Waals surface area contributed by atoms with Crippen LogP contribution in [0, 0.1) is 6.92 Å². The largest absolute Gasteiger partial charge is 1.00 e. The maximum atomic E-state index is 5.19. The third-order valence-corrected chi connectivity index (χ3v) is 4.07. The maximum Gasteiger partial charge on any atom is 0.187 e. The molecule has 1 N–H and O–H groups in total. The number of rotatable bonds is 4. The number of anilines is 2. The van der Waals surface area contributed by atoms with Gasteiger partial charge in [0, 0.05) is 16.1 Å². The van der Waals surface area contributed by atoms with E-state index in [1.807, 2.05) is 54.6 Å². The molecule has 1 heterocycles. The zero-order valence-corrected chi connectivity index (χ0v) is 14.7. The zero-order valence-electron chi connectivity index (χ0n) is 12.3. The summed E-state index contributed by atoms with van der Waals surface area (Å²) in [4.78, 5) is 5.89. The van der Waals surface area contributed by atoms with Crippen LogP contribution in [0.15, 0.2) is 54.6 Å². The summed E-state index contributed by atoms with van der Waals surface area (Å²) in [5, 5.41) is 4.25. The van der Waals surface area contributed by atoms with E-state index in [4.69, 9.17) is 9.72 Å². The molecule has 0 atom stereocenters. The van der Waals surface area contributed by atoms with Crippen LogP contribution in [0.2, 0.25) is 0 Å². The molecule has 114 valence electrons. The number of hydrogen-bond acceptors (Lipinski definition) is 4. The van der Waals surface area contributed by atoms with Crippen molar-refractivity contribution in [1.29, 1.82) is 0 Å². The van der Waals surface area contributed by atoms with Crippen LogP contribution in [0.25, 0.3) is 11.3 Å². The van der Waals surface area contributed by atoms with Crippen LogP contribution >= 0.6 is 11.3 Å². The Hall–Kier alpha value is -1.85. The van der Waals surface area contributed by atoms with Crippen molar-refractivity contribution in [2.45, 2.75) is 6.92 Å². The van der Waals surface area contributed by atoms with Gasteiger partial charge < -0.3 is 27.0 Å². The minimum absolute atomic E-state index is 0. The summed E-state index contributed by atoms with van der Waals surface area (Å²) in [5.41, 5.74) is 3.17. The number of para-hydroxylation sites is 1. The average Bonchev–Trinajstić information content (AvgIpc) is 2.89. The van der Waals surface area contributed by atoms with Gasteiger partial charge in [0.2, 0.25) is 0 Å². The fourth-order valence-electron chi connectivity index (χ4n) is 2.11. The summed E-state index contributed by atoms with van der Waals surface area (Å²) >= 11 is 1.66. The highest BCUT2D eigenvalue weighted by Gasteiger charge is 2.10. The molecule has 0 radical (unpaired) electrons. The molecule has 2 aromatic carbocycles. The van der Waals surface area contributed by atoms with Crippen LogP contribution in [0.1, 0.15) is 4.88 Å². The van der Waals surface area contributed by atoms with Gasteiger partial charge in [-0.25, -0.2) is 4.98 Å². The molecular formula is C17H16BrN2OS-. The molecule has 0 saturated carbocycles. The number of aromatic nitrogens is 1. The molecule has 0 saturated heterocycles. The molecular weight excluding hydrogens is 360 g/mol. The Bertz CT molecular complexity index is 726. The Labute approximate surface area is 144 Å². The van der Waals surface area contributed by atoms with E-state index in [1.54, 1.807) is 18.4 Å². The van der Waals surface area contributed by atoms with Gasteiger partial charge in [-0.1, -0.05) is 18.2 Å². The first-order valence-corrected chi connectivity index (χ1v) is 7.52. The lowest BCUT2D eigenvalue weighted by Gasteiger charge is -2.02. The van der Waals surface area contributed by atoms with Gasteiger partial charge in [-0.15, -0.1) is 11.3 Å². The van der Waals surface area contributed by atoms with E-state index >= 15 is 0 Å². The van der Waals surface area contributed by atoms with E-state index in [9.17, 15) is 0 Å². The average molecular weight is 376 g/mol. The molecule has 5 heteroatoms. The van der Waals surface area contributed by atoms with Crippen molar-refractivity contribution in [3.8, 4) is 17.0 Å². The first-order chi connectivity index (χ1) is 10.3. The highest BCUT2D eigenvalue weighted by Crippen LogP contribution is 2.32. The van der Waals surface area contributed by atoms with Gasteiger partial charge in [-0.2, -0.15) is 0 Å². The molecule has 3 nitrogen and oxygen atoms in total. The molecule has 0 fully saturated rings. The van der Waals surface area contributed by atoms with Crippen LogP contribution in [0.4, 0.5) is 10.8 Å². The molecule has 0 unspecified atom stereocenters. The number of aryl methyl sites for hydroxylation is 1. The van der Waals surface area contributed by atoms with Crippen LogP contribution in [-0.4, -0.2) is 12.1 Å².